The van der Waals surface area contributed by atoms with Gasteiger partial charge in [-0.05, 0) is 19.9 Å². The Morgan fingerprint density at radius 2 is 2.54 bits per heavy atom. The van der Waals surface area contributed by atoms with Gasteiger partial charge in [0.05, 0.1) is 13.5 Å². The minimum Gasteiger partial charge on any atom is -0.469 e. The molecule has 0 aromatic rings. The van der Waals surface area contributed by atoms with Crippen LogP contribution in [0.4, 0.5) is 0 Å². The van der Waals surface area contributed by atoms with Gasteiger partial charge in [0.15, 0.2) is 0 Å². The van der Waals surface area contributed by atoms with E-state index in [0.29, 0.717) is 0 Å². The van der Waals surface area contributed by atoms with Crippen molar-refractivity contribution in [3.63, 3.8) is 0 Å². The molecule has 0 aromatic heterocycles. The van der Waals surface area contributed by atoms with Gasteiger partial charge in [0.25, 0.3) is 0 Å². The molecule has 0 spiro atoms. The maximum absolute atomic E-state index is 10.8. The molecule has 1 aliphatic heterocycles. The molecule has 3 heteroatoms. The van der Waals surface area contributed by atoms with Gasteiger partial charge in [0.1, 0.15) is 0 Å². The van der Waals surface area contributed by atoms with Crippen LogP contribution in [0.2, 0.25) is 0 Å². The van der Waals surface area contributed by atoms with Crippen molar-refractivity contribution in [2.75, 3.05) is 27.2 Å². The van der Waals surface area contributed by atoms with Crippen molar-refractivity contribution >= 4 is 5.97 Å². The van der Waals surface area contributed by atoms with Crippen molar-refractivity contribution in [2.24, 2.45) is 0 Å². The summed E-state index contributed by atoms with van der Waals surface area (Å²) < 4.78 is 4.53. The molecule has 0 unspecified atom stereocenters. The van der Waals surface area contributed by atoms with E-state index in [1.54, 1.807) is 6.42 Å². The predicted molar refractivity (Wildman–Crippen MR) is 51.1 cm³/mol. The number of likely N-dealkylation sites (N-methyl/N-ethyl adjacent to an activating group) is 1. The van der Waals surface area contributed by atoms with E-state index >= 15 is 0 Å². The number of carbonyl (C=O) groups is 1. The molecule has 0 atom stereocenters. The Labute approximate surface area is 79.4 Å². The van der Waals surface area contributed by atoms with Crippen molar-refractivity contribution in [1.82, 2.24) is 4.90 Å². The van der Waals surface area contributed by atoms with Crippen LogP contribution in [-0.2, 0) is 9.53 Å². The van der Waals surface area contributed by atoms with Crippen LogP contribution in [0.5, 0.6) is 0 Å². The van der Waals surface area contributed by atoms with Crippen LogP contribution < -0.4 is 0 Å². The Kier molecular flexibility index (Phi) is 3.96. The zero-order valence-corrected chi connectivity index (χ0v) is 8.25. The van der Waals surface area contributed by atoms with Crippen molar-refractivity contribution < 1.29 is 9.53 Å². The Hall–Kier alpha value is -0.830. The van der Waals surface area contributed by atoms with Gasteiger partial charge in [-0.15, -0.1) is 0 Å². The first kappa shape index (κ1) is 10.3. The molecule has 0 bridgehead atoms. The number of esters is 1. The van der Waals surface area contributed by atoms with Crippen LogP contribution in [0.1, 0.15) is 12.8 Å². The highest BCUT2D eigenvalue weighted by atomic mass is 16.5. The molecular formula is C10H16NO2. The van der Waals surface area contributed by atoms with E-state index < -0.39 is 0 Å². The van der Waals surface area contributed by atoms with Crippen LogP contribution in [0, 0.1) is 6.42 Å². The van der Waals surface area contributed by atoms with Gasteiger partial charge in [0.2, 0.25) is 0 Å². The van der Waals surface area contributed by atoms with E-state index in [-0.39, 0.29) is 5.97 Å². The number of carbonyl (C=O) groups excluding carboxylic acids is 1. The summed E-state index contributed by atoms with van der Waals surface area (Å²) in [6.07, 6.45) is 5.57. The van der Waals surface area contributed by atoms with E-state index in [1.807, 2.05) is 0 Å². The van der Waals surface area contributed by atoms with Crippen LogP contribution in [0.25, 0.3) is 0 Å². The lowest BCUT2D eigenvalue weighted by Crippen LogP contribution is -2.24. The summed E-state index contributed by atoms with van der Waals surface area (Å²) in [6, 6.07) is 0. The number of rotatable bonds is 3. The molecule has 13 heavy (non-hydrogen) atoms. The van der Waals surface area contributed by atoms with Crippen LogP contribution >= 0.6 is 0 Å². The summed E-state index contributed by atoms with van der Waals surface area (Å²) in [5, 5.41) is 0. The number of methoxy groups -OCH3 is 1. The largest absolute Gasteiger partial charge is 0.469 e. The molecular weight excluding hydrogens is 166 g/mol. The Morgan fingerprint density at radius 3 is 3.08 bits per heavy atom. The lowest BCUT2D eigenvalue weighted by molar-refractivity contribution is -0.136. The molecule has 0 saturated carbocycles. The zero-order valence-electron chi connectivity index (χ0n) is 8.25. The molecule has 0 aromatic carbocycles. The highest BCUT2D eigenvalue weighted by Gasteiger charge is 2.09. The van der Waals surface area contributed by atoms with E-state index in [2.05, 4.69) is 22.8 Å². The SMILES string of the molecule is COC(=O)[CH]CC1=CCN(C)CC1. The fourth-order valence-corrected chi connectivity index (χ4v) is 1.30. The lowest BCUT2D eigenvalue weighted by Gasteiger charge is -2.21. The van der Waals surface area contributed by atoms with Crippen LogP contribution in [0.3, 0.4) is 0 Å². The van der Waals surface area contributed by atoms with Crippen molar-refractivity contribution in [1.29, 1.82) is 0 Å². The molecule has 73 valence electrons. The number of hydrogen-bond donors (Lipinski definition) is 0. The van der Waals surface area contributed by atoms with Crippen molar-refractivity contribution in [2.45, 2.75) is 12.8 Å². The first-order valence-electron chi connectivity index (χ1n) is 4.50. The number of nitrogens with zero attached hydrogens (tertiary/aromatic N) is 1. The van der Waals surface area contributed by atoms with Crippen molar-refractivity contribution in [3.8, 4) is 0 Å². The molecule has 1 radical (unpaired) electrons. The Balaban J connectivity index is 2.26. The summed E-state index contributed by atoms with van der Waals surface area (Å²) >= 11 is 0. The second-order valence-corrected chi connectivity index (χ2v) is 3.31. The summed E-state index contributed by atoms with van der Waals surface area (Å²) in [5.74, 6) is -0.236. The van der Waals surface area contributed by atoms with E-state index in [0.717, 1.165) is 25.9 Å². The summed E-state index contributed by atoms with van der Waals surface area (Å²) in [6.45, 7) is 2.07. The molecule has 1 heterocycles. The Morgan fingerprint density at radius 1 is 1.77 bits per heavy atom. The summed E-state index contributed by atoms with van der Waals surface area (Å²) in [7, 11) is 3.50. The highest BCUT2D eigenvalue weighted by Crippen LogP contribution is 2.14. The molecule has 0 fully saturated rings. The maximum atomic E-state index is 10.8. The predicted octanol–water partition coefficient (Wildman–Crippen LogP) is 1.02. The average molecular weight is 182 g/mol. The first-order chi connectivity index (χ1) is 6.22. The topological polar surface area (TPSA) is 29.5 Å². The molecule has 3 nitrogen and oxygen atoms in total. The first-order valence-corrected chi connectivity index (χ1v) is 4.50. The fourth-order valence-electron chi connectivity index (χ4n) is 1.30. The monoisotopic (exact) mass is 182 g/mol. The quantitative estimate of drug-likeness (QED) is 0.482. The van der Waals surface area contributed by atoms with Gasteiger partial charge in [0, 0.05) is 13.1 Å². The third-order valence-corrected chi connectivity index (χ3v) is 2.24. The minimum absolute atomic E-state index is 0.236. The second-order valence-electron chi connectivity index (χ2n) is 3.31. The standard InChI is InChI=1S/C10H16NO2/c1-11-7-5-9(6-8-11)3-4-10(12)13-2/h4-5H,3,6-8H2,1-2H3. The molecule has 0 aliphatic carbocycles. The summed E-state index contributed by atoms with van der Waals surface area (Å²) in [5.41, 5.74) is 1.34. The van der Waals surface area contributed by atoms with Crippen LogP contribution in [0.15, 0.2) is 11.6 Å². The molecule has 1 aliphatic rings. The Bertz CT molecular complexity index is 211. The van der Waals surface area contributed by atoms with Gasteiger partial charge >= 0.3 is 5.97 Å². The lowest BCUT2D eigenvalue weighted by atomic mass is 10.0. The number of hydrogen-bond acceptors (Lipinski definition) is 3. The third kappa shape index (κ3) is 3.59. The fraction of sp³-hybridized carbons (Fsp3) is 0.600. The molecule has 0 amide bonds. The minimum atomic E-state index is -0.236. The smallest absolute Gasteiger partial charge is 0.309 e. The summed E-state index contributed by atoms with van der Waals surface area (Å²) in [4.78, 5) is 13.1. The van der Waals surface area contributed by atoms with Crippen molar-refractivity contribution in [3.05, 3.63) is 18.1 Å². The molecule has 1 rings (SSSR count). The van der Waals surface area contributed by atoms with Gasteiger partial charge in [-0.2, -0.15) is 0 Å². The van der Waals surface area contributed by atoms with Gasteiger partial charge in [-0.1, -0.05) is 11.6 Å². The van der Waals surface area contributed by atoms with E-state index in [9.17, 15) is 4.79 Å². The molecule has 0 saturated heterocycles. The van der Waals surface area contributed by atoms with Crippen LogP contribution in [-0.4, -0.2) is 38.1 Å². The normalized spacial score (nSPS) is 18.2. The number of ether oxygens (including phenoxy) is 1. The van der Waals surface area contributed by atoms with Gasteiger partial charge in [-0.3, -0.25) is 4.79 Å². The average Bonchev–Trinajstić information content (AvgIpc) is 2.16. The van der Waals surface area contributed by atoms with E-state index in [1.165, 1.54) is 12.7 Å². The third-order valence-electron chi connectivity index (χ3n) is 2.24. The van der Waals surface area contributed by atoms with Gasteiger partial charge < -0.3 is 9.64 Å². The maximum Gasteiger partial charge on any atom is 0.309 e. The highest BCUT2D eigenvalue weighted by molar-refractivity contribution is 5.79. The molecule has 0 N–H and O–H groups in total. The van der Waals surface area contributed by atoms with Gasteiger partial charge in [-0.25, -0.2) is 0 Å². The van der Waals surface area contributed by atoms with E-state index in [4.69, 9.17) is 0 Å². The zero-order chi connectivity index (χ0) is 9.68. The second kappa shape index (κ2) is 5.02.